The van der Waals surface area contributed by atoms with Gasteiger partial charge in [-0.15, -0.1) is 0 Å². The van der Waals surface area contributed by atoms with Crippen LogP contribution >= 0.6 is 0 Å². The Bertz CT molecular complexity index is 1240. The Kier molecular flexibility index (Phi) is 4.99. The van der Waals surface area contributed by atoms with E-state index in [-0.39, 0.29) is 34.1 Å². The van der Waals surface area contributed by atoms with Crippen LogP contribution in [-0.2, 0) is 14.9 Å². The zero-order valence-corrected chi connectivity index (χ0v) is 22.1. The number of benzene rings is 1. The molecule has 0 amide bonds. The summed E-state index contributed by atoms with van der Waals surface area (Å²) in [5.74, 6) is -0.327. The van der Waals surface area contributed by atoms with Crippen LogP contribution < -0.4 is 0 Å². The molecule has 35 heavy (non-hydrogen) atoms. The third-order valence-corrected chi connectivity index (χ3v) is 10.5. The maximum Gasteiger partial charge on any atom is 0.311 e. The number of aromatic hydroxyl groups is 2. The number of phenols is 2. The highest BCUT2D eigenvalue weighted by Gasteiger charge is 2.61. The number of carbonyl (C=O) groups excluding carboxylic acids is 2. The second-order valence-corrected chi connectivity index (χ2v) is 12.8. The van der Waals surface area contributed by atoms with Crippen LogP contribution in [0.5, 0.6) is 11.5 Å². The van der Waals surface area contributed by atoms with E-state index >= 15 is 0 Å². The fourth-order valence-corrected chi connectivity index (χ4v) is 8.54. The summed E-state index contributed by atoms with van der Waals surface area (Å²) in [6.07, 6.45) is 7.11. The highest BCUT2D eigenvalue weighted by molar-refractivity contribution is 6.10. The smallest absolute Gasteiger partial charge is 0.311 e. The van der Waals surface area contributed by atoms with E-state index in [1.54, 1.807) is 19.1 Å². The summed E-state index contributed by atoms with van der Waals surface area (Å²) in [7, 11) is 1.48. The van der Waals surface area contributed by atoms with Crippen molar-refractivity contribution in [1.29, 1.82) is 0 Å². The van der Waals surface area contributed by atoms with Gasteiger partial charge in [0.25, 0.3) is 0 Å². The molecule has 4 aliphatic rings. The standard InChI is InChI=1S/C30H38O5/c1-16-14-27(3)8-9-28(4,26(34)35-7)15-22(27)30(6)11-10-29(5)18-12-21(32)25(33)17(2)23(18)20(31)13-19(29)24(16)30/h12-13,22,32-33H,8-11,14-15H2,1-7H3/t22?,27-,28-,29+,30+/m1/s1. The Balaban J connectivity index is 1.69. The molecule has 2 saturated carbocycles. The van der Waals surface area contributed by atoms with Gasteiger partial charge in [-0.25, -0.2) is 0 Å². The molecule has 1 aromatic carbocycles. The molecule has 0 spiro atoms. The Morgan fingerprint density at radius 2 is 1.74 bits per heavy atom. The molecule has 2 fully saturated rings. The van der Waals surface area contributed by atoms with Gasteiger partial charge >= 0.3 is 5.97 Å². The summed E-state index contributed by atoms with van der Waals surface area (Å²) in [5, 5.41) is 20.8. The number of hydrogen-bond donors (Lipinski definition) is 2. The van der Waals surface area contributed by atoms with Crippen LogP contribution in [0.4, 0.5) is 0 Å². The second kappa shape index (κ2) is 7.24. The van der Waals surface area contributed by atoms with Gasteiger partial charge in [0.2, 0.25) is 0 Å². The molecule has 5 nitrogen and oxygen atoms in total. The highest BCUT2D eigenvalue weighted by atomic mass is 16.5. The van der Waals surface area contributed by atoms with Crippen LogP contribution in [-0.4, -0.2) is 29.1 Å². The third-order valence-electron chi connectivity index (χ3n) is 10.5. The van der Waals surface area contributed by atoms with E-state index < -0.39 is 10.8 Å². The first-order valence-electron chi connectivity index (χ1n) is 12.8. The Morgan fingerprint density at radius 3 is 2.40 bits per heavy atom. The molecule has 4 aliphatic carbocycles. The minimum atomic E-state index is -0.497. The van der Waals surface area contributed by atoms with Crippen molar-refractivity contribution in [3.05, 3.63) is 45.6 Å². The average Bonchev–Trinajstić information content (AvgIpc) is 2.79. The van der Waals surface area contributed by atoms with Gasteiger partial charge in [-0.2, -0.15) is 0 Å². The number of ether oxygens (including phenoxy) is 1. The van der Waals surface area contributed by atoms with Gasteiger partial charge in [0.1, 0.15) is 0 Å². The van der Waals surface area contributed by atoms with Crippen molar-refractivity contribution in [3.63, 3.8) is 0 Å². The summed E-state index contributed by atoms with van der Waals surface area (Å²) in [4.78, 5) is 26.3. The number of methoxy groups -OCH3 is 1. The molecular formula is C30H38O5. The summed E-state index contributed by atoms with van der Waals surface area (Å²) >= 11 is 0. The molecule has 0 bridgehead atoms. The number of ketones is 1. The van der Waals surface area contributed by atoms with Crippen molar-refractivity contribution < 1.29 is 24.5 Å². The van der Waals surface area contributed by atoms with Gasteiger partial charge in [0.15, 0.2) is 17.3 Å². The van der Waals surface area contributed by atoms with Crippen molar-refractivity contribution >= 4 is 11.8 Å². The Morgan fingerprint density at radius 1 is 1.06 bits per heavy atom. The summed E-state index contributed by atoms with van der Waals surface area (Å²) in [5.41, 5.74) is 4.44. The summed E-state index contributed by atoms with van der Waals surface area (Å²) in [6, 6.07) is 1.60. The van der Waals surface area contributed by atoms with E-state index in [0.717, 1.165) is 49.7 Å². The lowest BCUT2D eigenvalue weighted by Crippen LogP contribution is -2.55. The van der Waals surface area contributed by atoms with E-state index in [4.69, 9.17) is 4.74 Å². The maximum atomic E-state index is 13.5. The fourth-order valence-electron chi connectivity index (χ4n) is 8.54. The van der Waals surface area contributed by atoms with Crippen LogP contribution in [0.1, 0.15) is 94.6 Å². The molecule has 2 N–H and O–H groups in total. The Hall–Kier alpha value is -2.56. The SMILES string of the molecule is COC(=O)[C@]1(C)CC[C@]2(C)CC(C)=C3C4=CC(=O)c5c(cc(O)c(O)c5C)[C@]4(C)CC[C@@]3(C)C2C1. The van der Waals surface area contributed by atoms with Crippen LogP contribution in [0, 0.1) is 29.1 Å². The fraction of sp³-hybridized carbons (Fsp3) is 0.600. The molecule has 5 atom stereocenters. The van der Waals surface area contributed by atoms with Crippen LogP contribution in [0.25, 0.3) is 0 Å². The second-order valence-electron chi connectivity index (χ2n) is 12.8. The number of phenolic OH excluding ortho intramolecular Hbond substituents is 2. The molecule has 0 aromatic heterocycles. The molecular weight excluding hydrogens is 440 g/mol. The van der Waals surface area contributed by atoms with Crippen molar-refractivity contribution in [3.8, 4) is 11.5 Å². The Labute approximate surface area is 208 Å². The van der Waals surface area contributed by atoms with E-state index in [9.17, 15) is 19.8 Å². The largest absolute Gasteiger partial charge is 0.504 e. The number of rotatable bonds is 1. The summed E-state index contributed by atoms with van der Waals surface area (Å²) in [6.45, 7) is 12.9. The molecule has 0 radical (unpaired) electrons. The molecule has 0 heterocycles. The minimum Gasteiger partial charge on any atom is -0.504 e. The molecule has 0 saturated heterocycles. The van der Waals surface area contributed by atoms with Crippen LogP contribution in [0.3, 0.4) is 0 Å². The molecule has 5 heteroatoms. The number of allylic oxidation sites excluding steroid dienone is 4. The van der Waals surface area contributed by atoms with Gasteiger partial charge < -0.3 is 14.9 Å². The molecule has 1 aromatic rings. The third kappa shape index (κ3) is 2.99. The lowest BCUT2D eigenvalue weighted by Gasteiger charge is -2.63. The molecule has 188 valence electrons. The zero-order valence-electron chi connectivity index (χ0n) is 22.1. The maximum absolute atomic E-state index is 13.5. The molecule has 1 unspecified atom stereocenters. The molecule has 5 rings (SSSR count). The van der Waals surface area contributed by atoms with Crippen molar-refractivity contribution in [1.82, 2.24) is 0 Å². The first kappa shape index (κ1) is 24.1. The predicted octanol–water partition coefficient (Wildman–Crippen LogP) is 6.29. The number of hydrogen-bond acceptors (Lipinski definition) is 5. The monoisotopic (exact) mass is 478 g/mol. The first-order chi connectivity index (χ1) is 16.2. The normalized spacial score (nSPS) is 38.1. The minimum absolute atomic E-state index is 0.0986. The predicted molar refractivity (Wildman–Crippen MR) is 135 cm³/mol. The first-order valence-corrected chi connectivity index (χ1v) is 12.8. The lowest BCUT2D eigenvalue weighted by molar-refractivity contribution is -0.160. The van der Waals surface area contributed by atoms with Gasteiger partial charge in [0.05, 0.1) is 12.5 Å². The van der Waals surface area contributed by atoms with Crippen molar-refractivity contribution in [2.24, 2.45) is 22.2 Å². The van der Waals surface area contributed by atoms with E-state index in [2.05, 4.69) is 34.6 Å². The highest BCUT2D eigenvalue weighted by Crippen LogP contribution is 2.69. The van der Waals surface area contributed by atoms with E-state index in [1.165, 1.54) is 18.3 Å². The van der Waals surface area contributed by atoms with E-state index in [0.29, 0.717) is 17.0 Å². The molecule has 0 aliphatic heterocycles. The van der Waals surface area contributed by atoms with E-state index in [1.807, 2.05) is 0 Å². The van der Waals surface area contributed by atoms with Crippen molar-refractivity contribution in [2.45, 2.75) is 85.5 Å². The lowest BCUT2D eigenvalue weighted by atomic mass is 9.41. The van der Waals surface area contributed by atoms with Crippen LogP contribution in [0.15, 0.2) is 28.9 Å². The van der Waals surface area contributed by atoms with Gasteiger partial charge in [0, 0.05) is 16.5 Å². The zero-order chi connectivity index (χ0) is 25.7. The number of fused-ring (bicyclic) bond motifs is 7. The quantitative estimate of drug-likeness (QED) is 0.366. The van der Waals surface area contributed by atoms with Gasteiger partial charge in [-0.3, -0.25) is 9.59 Å². The van der Waals surface area contributed by atoms with Crippen molar-refractivity contribution in [2.75, 3.05) is 7.11 Å². The summed E-state index contributed by atoms with van der Waals surface area (Å²) < 4.78 is 5.23. The number of esters is 1. The van der Waals surface area contributed by atoms with Gasteiger partial charge in [-0.1, -0.05) is 26.3 Å². The van der Waals surface area contributed by atoms with Crippen LogP contribution in [0.2, 0.25) is 0 Å². The van der Waals surface area contributed by atoms with Gasteiger partial charge in [-0.05, 0) is 105 Å². The number of carbonyl (C=O) groups is 2. The average molecular weight is 479 g/mol. The topological polar surface area (TPSA) is 83.8 Å².